The van der Waals surface area contributed by atoms with Crippen molar-refractivity contribution in [3.63, 3.8) is 0 Å². The van der Waals surface area contributed by atoms with Crippen molar-refractivity contribution in [3.05, 3.63) is 53.6 Å². The lowest BCUT2D eigenvalue weighted by Gasteiger charge is -2.72. The number of carboxylic acids is 1. The zero-order valence-electron chi connectivity index (χ0n) is 31.5. The van der Waals surface area contributed by atoms with Gasteiger partial charge in [0.1, 0.15) is 0 Å². The number of allylic oxidation sites excluding steroid dienone is 3. The Kier molecular flexibility index (Phi) is 8.85. The molecule has 49 heavy (non-hydrogen) atoms. The Morgan fingerprint density at radius 2 is 1.59 bits per heavy atom. The fraction of sp³-hybridized carbons (Fsp3) is 0.727. The lowest BCUT2D eigenvalue weighted by atomic mass is 9.32. The van der Waals surface area contributed by atoms with E-state index in [9.17, 15) is 14.7 Å². The van der Waals surface area contributed by atoms with Crippen LogP contribution in [0.25, 0.3) is 5.57 Å². The van der Waals surface area contributed by atoms with Crippen LogP contribution in [0.2, 0.25) is 0 Å². The molecule has 7 rings (SSSR count). The maximum absolute atomic E-state index is 13.1. The molecule has 6 aliphatic rings. The zero-order valence-corrected chi connectivity index (χ0v) is 31.5. The highest BCUT2D eigenvalue weighted by Gasteiger charge is 2.70. The molecule has 1 amide bonds. The second kappa shape index (κ2) is 12.4. The maximum atomic E-state index is 13.1. The minimum atomic E-state index is -0.863. The number of hydrogen-bond acceptors (Lipinski definition) is 3. The number of amides is 1. The molecule has 1 aliphatic heterocycles. The predicted octanol–water partition coefficient (Wildman–Crippen LogP) is 9.64. The van der Waals surface area contributed by atoms with Crippen LogP contribution in [0.15, 0.2) is 42.5 Å². The van der Waals surface area contributed by atoms with Gasteiger partial charge in [0.2, 0.25) is 5.91 Å². The third-order valence-corrected chi connectivity index (χ3v) is 16.7. The SMILES string of the molecule is C=C(C)C1CCC2(CNCC(=O)N3CCCCC3)CCC3(C)C(CCC4C5(C)CC=C(c6ccc(C(=O)O)cc6)C(C)(C)C5CCC43C)C12. The highest BCUT2D eigenvalue weighted by atomic mass is 16.4. The first-order valence-electron chi connectivity index (χ1n) is 19.9. The van der Waals surface area contributed by atoms with Crippen LogP contribution in [0.1, 0.15) is 135 Å². The summed E-state index contributed by atoms with van der Waals surface area (Å²) >= 11 is 0. The number of hydrogen-bond donors (Lipinski definition) is 2. The summed E-state index contributed by atoms with van der Waals surface area (Å²) in [6, 6.07) is 7.61. The number of rotatable bonds is 7. The average molecular weight is 669 g/mol. The van der Waals surface area contributed by atoms with Gasteiger partial charge in [-0.3, -0.25) is 4.79 Å². The van der Waals surface area contributed by atoms with Gasteiger partial charge in [0.25, 0.3) is 0 Å². The lowest BCUT2D eigenvalue weighted by molar-refractivity contribution is -0.225. The highest BCUT2D eigenvalue weighted by molar-refractivity contribution is 5.88. The zero-order chi connectivity index (χ0) is 35.0. The van der Waals surface area contributed by atoms with Crippen LogP contribution < -0.4 is 5.32 Å². The Morgan fingerprint density at radius 3 is 2.27 bits per heavy atom. The number of nitrogens with one attached hydrogen (secondary N) is 1. The summed E-state index contributed by atoms with van der Waals surface area (Å²) in [6.45, 7) is 23.2. The number of nitrogens with zero attached hydrogens (tertiary/aromatic N) is 1. The Labute approximate surface area is 296 Å². The quantitative estimate of drug-likeness (QED) is 0.284. The number of carbonyl (C=O) groups excluding carboxylic acids is 1. The van der Waals surface area contributed by atoms with E-state index in [1.54, 1.807) is 12.1 Å². The monoisotopic (exact) mass is 668 g/mol. The van der Waals surface area contributed by atoms with Crippen LogP contribution >= 0.6 is 0 Å². The molecule has 0 radical (unpaired) electrons. The van der Waals surface area contributed by atoms with Gasteiger partial charge in [-0.2, -0.15) is 0 Å². The first-order chi connectivity index (χ1) is 23.2. The van der Waals surface area contributed by atoms with E-state index in [4.69, 9.17) is 0 Å². The number of carbonyl (C=O) groups is 2. The molecular weight excluding hydrogens is 604 g/mol. The predicted molar refractivity (Wildman–Crippen MR) is 199 cm³/mol. The topological polar surface area (TPSA) is 69.6 Å². The molecule has 1 aromatic carbocycles. The van der Waals surface area contributed by atoms with E-state index < -0.39 is 5.97 Å². The largest absolute Gasteiger partial charge is 0.478 e. The summed E-state index contributed by atoms with van der Waals surface area (Å²) < 4.78 is 0. The smallest absolute Gasteiger partial charge is 0.335 e. The number of piperidine rings is 1. The molecule has 5 nitrogen and oxygen atoms in total. The molecule has 0 spiro atoms. The second-order valence-electron chi connectivity index (χ2n) is 19.0. The van der Waals surface area contributed by atoms with E-state index in [0.29, 0.717) is 53.0 Å². The van der Waals surface area contributed by atoms with Crippen molar-refractivity contribution in [2.45, 2.75) is 119 Å². The number of aromatic carboxylic acids is 1. The molecule has 1 heterocycles. The maximum Gasteiger partial charge on any atom is 0.335 e. The minimum Gasteiger partial charge on any atom is -0.478 e. The molecule has 0 aromatic heterocycles. The van der Waals surface area contributed by atoms with Gasteiger partial charge < -0.3 is 15.3 Å². The van der Waals surface area contributed by atoms with Crippen LogP contribution in [0.3, 0.4) is 0 Å². The van der Waals surface area contributed by atoms with Gasteiger partial charge in [0.15, 0.2) is 0 Å². The van der Waals surface area contributed by atoms with Crippen molar-refractivity contribution in [1.29, 1.82) is 0 Å². The number of carboxylic acid groups (broad SMARTS) is 1. The molecule has 268 valence electrons. The van der Waals surface area contributed by atoms with Gasteiger partial charge in [0.05, 0.1) is 12.1 Å². The number of likely N-dealkylation sites (tertiary alicyclic amines) is 1. The molecule has 0 bridgehead atoms. The summed E-state index contributed by atoms with van der Waals surface area (Å²) in [6.07, 6.45) is 17.5. The Bertz CT molecular complexity index is 1500. The van der Waals surface area contributed by atoms with E-state index in [2.05, 4.69) is 64.4 Å². The molecule has 5 fully saturated rings. The standard InChI is InChI=1S/C44H64N2O3/c1-29(2)32-17-22-44(28-45-27-37(47)46-25-9-8-10-26-46)24-23-42(6)34(38(32)44)15-16-36-41(5)20-18-33(30-11-13-31(14-12-30)39(48)49)40(3,4)35(41)19-21-43(36,42)7/h11-14,18,32,34-36,38,45H,1,8-10,15-17,19-28H2,2-7H3,(H,48,49). The summed E-state index contributed by atoms with van der Waals surface area (Å²) in [5, 5.41) is 13.3. The van der Waals surface area contributed by atoms with Gasteiger partial charge in [0, 0.05) is 19.6 Å². The van der Waals surface area contributed by atoms with Crippen molar-refractivity contribution < 1.29 is 14.7 Å². The summed E-state index contributed by atoms with van der Waals surface area (Å²) in [5.41, 5.74) is 5.43. The number of fused-ring (bicyclic) bond motifs is 7. The average Bonchev–Trinajstić information content (AvgIpc) is 3.45. The highest BCUT2D eigenvalue weighted by Crippen LogP contribution is 2.77. The van der Waals surface area contributed by atoms with Crippen molar-refractivity contribution in [2.24, 2.45) is 56.7 Å². The van der Waals surface area contributed by atoms with Crippen molar-refractivity contribution in [2.75, 3.05) is 26.2 Å². The molecule has 4 saturated carbocycles. The second-order valence-corrected chi connectivity index (χ2v) is 19.0. The van der Waals surface area contributed by atoms with Crippen LogP contribution in [-0.4, -0.2) is 48.1 Å². The fourth-order valence-corrected chi connectivity index (χ4v) is 14.2. The van der Waals surface area contributed by atoms with Crippen LogP contribution in [0.5, 0.6) is 0 Å². The van der Waals surface area contributed by atoms with E-state index >= 15 is 0 Å². The Morgan fingerprint density at radius 1 is 0.878 bits per heavy atom. The molecule has 5 heteroatoms. The normalized spacial score (nSPS) is 41.1. The summed E-state index contributed by atoms with van der Waals surface area (Å²) in [5.74, 6) is 2.64. The van der Waals surface area contributed by atoms with Crippen LogP contribution in [0.4, 0.5) is 0 Å². The third kappa shape index (κ3) is 5.32. The Balaban J connectivity index is 1.15. The van der Waals surface area contributed by atoms with Crippen molar-refractivity contribution >= 4 is 17.4 Å². The van der Waals surface area contributed by atoms with E-state index in [0.717, 1.165) is 38.9 Å². The van der Waals surface area contributed by atoms with Gasteiger partial charge >= 0.3 is 5.97 Å². The molecule has 2 N–H and O–H groups in total. The van der Waals surface area contributed by atoms with Crippen LogP contribution in [0, 0.1) is 56.7 Å². The van der Waals surface area contributed by atoms with Gasteiger partial charge in [-0.05, 0) is 164 Å². The van der Waals surface area contributed by atoms with E-state index in [-0.39, 0.29) is 21.7 Å². The molecule has 1 saturated heterocycles. The van der Waals surface area contributed by atoms with Gasteiger partial charge in [-0.15, -0.1) is 0 Å². The summed E-state index contributed by atoms with van der Waals surface area (Å²) in [7, 11) is 0. The van der Waals surface area contributed by atoms with Crippen molar-refractivity contribution in [1.82, 2.24) is 10.2 Å². The molecule has 5 aliphatic carbocycles. The minimum absolute atomic E-state index is 0.0202. The molecule has 9 atom stereocenters. The number of benzene rings is 1. The van der Waals surface area contributed by atoms with Crippen LogP contribution in [-0.2, 0) is 4.79 Å². The fourth-order valence-electron chi connectivity index (χ4n) is 14.2. The first-order valence-corrected chi connectivity index (χ1v) is 19.9. The van der Waals surface area contributed by atoms with Gasteiger partial charge in [-0.1, -0.05) is 65.0 Å². The Hall–Kier alpha value is -2.40. The van der Waals surface area contributed by atoms with E-state index in [1.807, 2.05) is 12.1 Å². The first kappa shape index (κ1) is 35.0. The van der Waals surface area contributed by atoms with Crippen molar-refractivity contribution in [3.8, 4) is 0 Å². The molecular formula is C44H64N2O3. The van der Waals surface area contributed by atoms with Gasteiger partial charge in [-0.25, -0.2) is 4.79 Å². The lowest BCUT2D eigenvalue weighted by Crippen LogP contribution is -2.66. The third-order valence-electron chi connectivity index (χ3n) is 16.7. The molecule has 9 unspecified atom stereocenters. The van der Waals surface area contributed by atoms with E-state index in [1.165, 1.54) is 74.5 Å². The molecule has 1 aromatic rings. The summed E-state index contributed by atoms with van der Waals surface area (Å²) in [4.78, 5) is 26.8.